The summed E-state index contributed by atoms with van der Waals surface area (Å²) in [5.74, 6) is 2.29. The van der Waals surface area contributed by atoms with Crippen LogP contribution in [0.4, 0.5) is 5.69 Å². The van der Waals surface area contributed by atoms with Crippen molar-refractivity contribution in [2.45, 2.75) is 69.3 Å². The summed E-state index contributed by atoms with van der Waals surface area (Å²) in [5, 5.41) is 30.5. The molecule has 2 atom stereocenters. The number of rotatable bonds is 12. The maximum Gasteiger partial charge on any atom is 0.317 e. The molecule has 0 radical (unpaired) electrons. The molecule has 1 aliphatic rings. The molecule has 13 heteroatoms. The van der Waals surface area contributed by atoms with Gasteiger partial charge in [0.2, 0.25) is 0 Å². The third kappa shape index (κ3) is 8.02. The van der Waals surface area contributed by atoms with Crippen LogP contribution in [-0.4, -0.2) is 48.1 Å². The van der Waals surface area contributed by atoms with Crippen molar-refractivity contribution in [3.05, 3.63) is 110 Å². The second-order valence-electron chi connectivity index (χ2n) is 12.9. The molecule has 1 aliphatic heterocycles. The van der Waals surface area contributed by atoms with E-state index >= 15 is 0 Å². The standard InChI is InChI=1S/C38H39N3O8S.ClH/c1-22-23(2)36-30(24(3)35(22)42)16-17-38(4,49-36)21-48-28-12-15-31-32(19-28)40(5)34(39-31)20-47-27-10-6-25(7-11-27)18-33(37(43)44)50-29-13-8-26(9-14-29)41(45)46;/h6-15,19,33,42H,16-18,20-21H2,1-5H3,(H,43,44);1H. The summed E-state index contributed by atoms with van der Waals surface area (Å²) in [5.41, 5.74) is 5.72. The van der Waals surface area contributed by atoms with E-state index in [9.17, 15) is 25.1 Å². The Morgan fingerprint density at radius 2 is 1.73 bits per heavy atom. The molecule has 4 aromatic carbocycles. The number of aryl methyl sites for hydroxylation is 1. The highest BCUT2D eigenvalue weighted by molar-refractivity contribution is 8.00. The molecule has 0 fully saturated rings. The van der Waals surface area contributed by atoms with Crippen LogP contribution >= 0.6 is 24.2 Å². The topological polar surface area (TPSA) is 146 Å². The molecule has 2 unspecified atom stereocenters. The lowest BCUT2D eigenvalue weighted by atomic mass is 9.87. The van der Waals surface area contributed by atoms with Crippen LogP contribution in [0.25, 0.3) is 11.0 Å². The SMILES string of the molecule is Cc1c(C)c2c(c(C)c1O)CCC(C)(COc1ccc3nc(COc4ccc(CC(Sc5ccc([N+](=O)[O-])cc5)C(=O)O)cc4)n(C)c3c1)O2.Cl. The van der Waals surface area contributed by atoms with Gasteiger partial charge in [-0.3, -0.25) is 14.9 Å². The Morgan fingerprint density at radius 3 is 2.39 bits per heavy atom. The fourth-order valence-corrected chi connectivity index (χ4v) is 7.14. The summed E-state index contributed by atoms with van der Waals surface area (Å²) >= 11 is 1.15. The van der Waals surface area contributed by atoms with Crippen molar-refractivity contribution >= 4 is 46.9 Å². The average molecular weight is 734 g/mol. The van der Waals surface area contributed by atoms with E-state index < -0.39 is 21.7 Å². The van der Waals surface area contributed by atoms with E-state index in [2.05, 4.69) is 6.92 Å². The smallest absolute Gasteiger partial charge is 0.317 e. The van der Waals surface area contributed by atoms with Gasteiger partial charge in [0.05, 0.1) is 16.0 Å². The largest absolute Gasteiger partial charge is 0.507 e. The van der Waals surface area contributed by atoms with Crippen LogP contribution in [0, 0.1) is 30.9 Å². The second-order valence-corrected chi connectivity index (χ2v) is 14.2. The molecule has 0 amide bonds. The van der Waals surface area contributed by atoms with Gasteiger partial charge in [0, 0.05) is 35.7 Å². The number of aromatic nitrogens is 2. The normalized spacial score (nSPS) is 15.7. The average Bonchev–Trinajstić information content (AvgIpc) is 3.42. The highest BCUT2D eigenvalue weighted by Crippen LogP contribution is 2.43. The number of aromatic hydroxyl groups is 1. The van der Waals surface area contributed by atoms with E-state index in [4.69, 9.17) is 19.2 Å². The lowest BCUT2D eigenvalue weighted by molar-refractivity contribution is -0.384. The predicted octanol–water partition coefficient (Wildman–Crippen LogP) is 8.06. The summed E-state index contributed by atoms with van der Waals surface area (Å²) in [4.78, 5) is 27.8. The van der Waals surface area contributed by atoms with Gasteiger partial charge < -0.3 is 29.0 Å². The molecule has 6 rings (SSSR count). The van der Waals surface area contributed by atoms with Crippen molar-refractivity contribution in [2.75, 3.05) is 6.61 Å². The number of phenolic OH excluding ortho intramolecular Hbond substituents is 1. The van der Waals surface area contributed by atoms with Gasteiger partial charge in [-0.25, -0.2) is 4.98 Å². The van der Waals surface area contributed by atoms with Gasteiger partial charge in [-0.15, -0.1) is 24.2 Å². The van der Waals surface area contributed by atoms with Crippen LogP contribution < -0.4 is 14.2 Å². The Bertz CT molecular complexity index is 2080. The number of phenols is 1. The number of carboxylic acids is 1. The zero-order chi connectivity index (χ0) is 35.7. The first kappa shape index (κ1) is 37.3. The van der Waals surface area contributed by atoms with E-state index in [0.717, 1.165) is 75.0 Å². The lowest BCUT2D eigenvalue weighted by Gasteiger charge is -2.37. The molecular formula is C38H40ClN3O8S. The van der Waals surface area contributed by atoms with Gasteiger partial charge in [-0.2, -0.15) is 0 Å². The van der Waals surface area contributed by atoms with Crippen LogP contribution in [0.15, 0.2) is 71.6 Å². The fourth-order valence-electron chi connectivity index (χ4n) is 6.14. The highest BCUT2D eigenvalue weighted by Gasteiger charge is 2.35. The minimum Gasteiger partial charge on any atom is -0.507 e. The van der Waals surface area contributed by atoms with E-state index in [0.29, 0.717) is 28.8 Å². The molecule has 2 N–H and O–H groups in total. The number of carboxylic acid groups (broad SMARTS) is 1. The fraction of sp³-hybridized carbons (Fsp3) is 0.316. The molecule has 5 aromatic rings. The first-order valence-corrected chi connectivity index (χ1v) is 17.1. The molecule has 0 spiro atoms. The monoisotopic (exact) mass is 733 g/mol. The predicted molar refractivity (Wildman–Crippen MR) is 198 cm³/mol. The van der Waals surface area contributed by atoms with E-state index in [1.807, 2.05) is 62.7 Å². The number of hydrogen-bond acceptors (Lipinski definition) is 9. The summed E-state index contributed by atoms with van der Waals surface area (Å²) in [6.45, 7) is 8.49. The number of halogens is 1. The van der Waals surface area contributed by atoms with Gasteiger partial charge in [0.1, 0.15) is 52.9 Å². The first-order chi connectivity index (χ1) is 23.8. The zero-order valence-electron chi connectivity index (χ0n) is 29.0. The molecule has 0 saturated heterocycles. The highest BCUT2D eigenvalue weighted by atomic mass is 35.5. The van der Waals surface area contributed by atoms with Crippen molar-refractivity contribution in [3.8, 4) is 23.0 Å². The van der Waals surface area contributed by atoms with Crippen molar-refractivity contribution in [2.24, 2.45) is 7.05 Å². The Morgan fingerprint density at radius 1 is 1.04 bits per heavy atom. The minimum atomic E-state index is -0.964. The Balaban J connectivity index is 0.00000504. The molecule has 2 heterocycles. The van der Waals surface area contributed by atoms with E-state index in [-0.39, 0.29) is 31.1 Å². The Labute approximate surface area is 306 Å². The maximum atomic E-state index is 12.0. The number of ether oxygens (including phenoxy) is 3. The third-order valence-electron chi connectivity index (χ3n) is 9.40. The Hall–Kier alpha value is -4.94. The number of aliphatic carboxylic acids is 1. The van der Waals surface area contributed by atoms with E-state index in [1.54, 1.807) is 24.3 Å². The van der Waals surface area contributed by atoms with Crippen molar-refractivity contribution in [3.63, 3.8) is 0 Å². The zero-order valence-corrected chi connectivity index (χ0v) is 30.6. The van der Waals surface area contributed by atoms with Crippen LogP contribution in [0.2, 0.25) is 0 Å². The summed E-state index contributed by atoms with van der Waals surface area (Å²) in [6, 6.07) is 18.9. The number of nitro groups is 1. The number of thioether (sulfide) groups is 1. The number of hydrogen-bond donors (Lipinski definition) is 2. The first-order valence-electron chi connectivity index (χ1n) is 16.3. The number of nitro benzene ring substituents is 1. The molecule has 0 bridgehead atoms. The summed E-state index contributed by atoms with van der Waals surface area (Å²) < 4.78 is 20.8. The number of nitrogens with zero attached hydrogens (tertiary/aromatic N) is 3. The van der Waals surface area contributed by atoms with Crippen LogP contribution in [0.3, 0.4) is 0 Å². The molecule has 1 aromatic heterocycles. The molecular weight excluding hydrogens is 694 g/mol. The summed E-state index contributed by atoms with van der Waals surface area (Å²) in [6.07, 6.45) is 1.84. The molecule has 51 heavy (non-hydrogen) atoms. The number of benzene rings is 4. The van der Waals surface area contributed by atoms with Gasteiger partial charge >= 0.3 is 5.97 Å². The maximum absolute atomic E-state index is 12.0. The van der Waals surface area contributed by atoms with Crippen LogP contribution in [0.5, 0.6) is 23.0 Å². The minimum absolute atomic E-state index is 0. The van der Waals surface area contributed by atoms with Gasteiger partial charge in [0.25, 0.3) is 5.69 Å². The molecule has 0 saturated carbocycles. The van der Waals surface area contributed by atoms with Gasteiger partial charge in [-0.05, 0) is 106 Å². The van der Waals surface area contributed by atoms with Crippen LogP contribution in [0.1, 0.15) is 47.0 Å². The molecule has 11 nitrogen and oxygen atoms in total. The third-order valence-corrected chi connectivity index (χ3v) is 10.6. The number of imidazole rings is 1. The quantitative estimate of drug-likeness (QED) is 0.0733. The summed E-state index contributed by atoms with van der Waals surface area (Å²) in [7, 11) is 1.93. The number of fused-ring (bicyclic) bond motifs is 2. The molecule has 268 valence electrons. The lowest BCUT2D eigenvalue weighted by Crippen LogP contribution is -2.42. The second kappa shape index (κ2) is 15.1. The van der Waals surface area contributed by atoms with Gasteiger partial charge in [-0.1, -0.05) is 12.1 Å². The molecule has 0 aliphatic carbocycles. The van der Waals surface area contributed by atoms with Crippen molar-refractivity contribution in [1.82, 2.24) is 9.55 Å². The van der Waals surface area contributed by atoms with Gasteiger partial charge in [0.15, 0.2) is 0 Å². The Kier molecular flexibility index (Phi) is 11.1. The van der Waals surface area contributed by atoms with E-state index in [1.165, 1.54) is 12.1 Å². The number of carbonyl (C=O) groups is 1. The van der Waals surface area contributed by atoms with Crippen molar-refractivity contribution in [1.29, 1.82) is 0 Å². The van der Waals surface area contributed by atoms with Crippen LogP contribution in [-0.2, 0) is 31.3 Å². The van der Waals surface area contributed by atoms with Crippen molar-refractivity contribution < 1.29 is 34.1 Å². The number of non-ortho nitro benzene ring substituents is 1.